The van der Waals surface area contributed by atoms with Gasteiger partial charge >= 0.3 is 6.09 Å². The van der Waals surface area contributed by atoms with Crippen LogP contribution in [0.1, 0.15) is 0 Å². The molecule has 0 aliphatic heterocycles. The van der Waals surface area contributed by atoms with Crippen LogP contribution in [0.2, 0.25) is 5.02 Å². The van der Waals surface area contributed by atoms with E-state index in [2.05, 4.69) is 16.0 Å². The highest BCUT2D eigenvalue weighted by molar-refractivity contribution is 6.33. The van der Waals surface area contributed by atoms with Gasteiger partial charge in [-0.2, -0.15) is 0 Å². The van der Waals surface area contributed by atoms with E-state index in [0.29, 0.717) is 17.3 Å². The molecule has 0 aliphatic carbocycles. The van der Waals surface area contributed by atoms with Crippen molar-refractivity contribution in [2.24, 2.45) is 0 Å². The van der Waals surface area contributed by atoms with Crippen LogP contribution >= 0.6 is 11.6 Å². The number of hydrogen-bond acceptors (Lipinski definition) is 3. The highest BCUT2D eigenvalue weighted by Crippen LogP contribution is 2.31. The van der Waals surface area contributed by atoms with E-state index >= 15 is 0 Å². The number of benzene rings is 2. The summed E-state index contributed by atoms with van der Waals surface area (Å²) in [5.41, 5.74) is 2.34. The molecule has 1 N–H and O–H groups in total. The zero-order chi connectivity index (χ0) is 15.9. The number of nitrogens with one attached hydrogen (secondary N) is 1. The Balaban J connectivity index is 2.28. The zero-order valence-electron chi connectivity index (χ0n) is 12.0. The molecule has 0 saturated heterocycles. The first-order valence-electron chi connectivity index (χ1n) is 6.56. The van der Waals surface area contributed by atoms with Crippen molar-refractivity contribution in [3.05, 3.63) is 53.6 Å². The summed E-state index contributed by atoms with van der Waals surface area (Å²) in [7, 11) is 1.32. The van der Waals surface area contributed by atoms with Crippen LogP contribution in [0.3, 0.4) is 0 Å². The molecule has 0 bridgehead atoms. The van der Waals surface area contributed by atoms with Gasteiger partial charge in [0.1, 0.15) is 0 Å². The third-order valence-electron chi connectivity index (χ3n) is 3.00. The topological polar surface area (TPSA) is 41.6 Å². The number of ether oxygens (including phenoxy) is 1. The van der Waals surface area contributed by atoms with Crippen molar-refractivity contribution >= 4 is 34.8 Å². The molecule has 5 heteroatoms. The van der Waals surface area contributed by atoms with Crippen molar-refractivity contribution in [1.29, 1.82) is 0 Å². The summed E-state index contributed by atoms with van der Waals surface area (Å²) in [6, 6.07) is 14.7. The molecule has 0 unspecified atom stereocenters. The van der Waals surface area contributed by atoms with Gasteiger partial charge in [0.05, 0.1) is 24.4 Å². The fourth-order valence-electron chi connectivity index (χ4n) is 1.97. The zero-order valence-corrected chi connectivity index (χ0v) is 12.8. The standard InChI is InChI=1S/C17H15ClN2O2/c1-3-12-20(16-7-5-4-6-15(16)18)14-10-8-13(9-11-14)19-17(21)22-2/h1,4-11H,12H2,2H3,(H,19,21). The van der Waals surface area contributed by atoms with Crippen molar-refractivity contribution < 1.29 is 9.53 Å². The van der Waals surface area contributed by atoms with Crippen LogP contribution in [0, 0.1) is 12.3 Å². The van der Waals surface area contributed by atoms with E-state index in [1.54, 1.807) is 12.1 Å². The lowest BCUT2D eigenvalue weighted by Crippen LogP contribution is -2.17. The van der Waals surface area contributed by atoms with Gasteiger partial charge in [-0.1, -0.05) is 29.7 Å². The molecule has 0 spiro atoms. The molecule has 2 aromatic carbocycles. The second-order valence-corrected chi connectivity index (χ2v) is 4.81. The van der Waals surface area contributed by atoms with Gasteiger partial charge in [-0.25, -0.2) is 4.79 Å². The van der Waals surface area contributed by atoms with Crippen molar-refractivity contribution in [3.8, 4) is 12.3 Å². The monoisotopic (exact) mass is 314 g/mol. The largest absolute Gasteiger partial charge is 0.453 e. The number of carbonyl (C=O) groups excluding carboxylic acids is 1. The molecular weight excluding hydrogens is 300 g/mol. The lowest BCUT2D eigenvalue weighted by atomic mass is 10.2. The lowest BCUT2D eigenvalue weighted by Gasteiger charge is -2.24. The number of terminal acetylenes is 1. The summed E-state index contributed by atoms with van der Waals surface area (Å²) < 4.78 is 4.55. The Morgan fingerprint density at radius 3 is 2.55 bits per heavy atom. The number of anilines is 3. The molecule has 112 valence electrons. The van der Waals surface area contributed by atoms with Crippen LogP contribution in [0.25, 0.3) is 0 Å². The molecule has 0 aliphatic rings. The SMILES string of the molecule is C#CCN(c1ccc(NC(=O)OC)cc1)c1ccccc1Cl. The predicted molar refractivity (Wildman–Crippen MR) is 89.8 cm³/mol. The maximum atomic E-state index is 11.2. The number of para-hydroxylation sites is 1. The minimum absolute atomic E-state index is 0.382. The molecule has 0 fully saturated rings. The number of carbonyl (C=O) groups is 1. The fourth-order valence-corrected chi connectivity index (χ4v) is 2.21. The van der Waals surface area contributed by atoms with Gasteiger partial charge in [-0.15, -0.1) is 6.42 Å². The van der Waals surface area contributed by atoms with Gasteiger partial charge in [-0.05, 0) is 36.4 Å². The number of halogens is 1. The summed E-state index contributed by atoms with van der Waals surface area (Å²) in [4.78, 5) is 13.1. The van der Waals surface area contributed by atoms with Crippen LogP contribution in [0.5, 0.6) is 0 Å². The molecule has 2 aromatic rings. The Kier molecular flexibility index (Phi) is 5.29. The summed E-state index contributed by atoms with van der Waals surface area (Å²) in [6.07, 6.45) is 4.95. The third-order valence-corrected chi connectivity index (χ3v) is 3.32. The Labute approximate surface area is 134 Å². The third kappa shape index (κ3) is 3.72. The number of hydrogen-bond donors (Lipinski definition) is 1. The van der Waals surface area contributed by atoms with Crippen LogP contribution in [0.4, 0.5) is 21.9 Å². The van der Waals surface area contributed by atoms with E-state index in [4.69, 9.17) is 18.0 Å². The normalized spacial score (nSPS) is 9.68. The van der Waals surface area contributed by atoms with Crippen LogP contribution < -0.4 is 10.2 Å². The van der Waals surface area contributed by atoms with Gasteiger partial charge in [0, 0.05) is 11.4 Å². The van der Waals surface area contributed by atoms with Gasteiger partial charge in [-0.3, -0.25) is 5.32 Å². The van der Waals surface area contributed by atoms with Crippen molar-refractivity contribution in [1.82, 2.24) is 0 Å². The summed E-state index contributed by atoms with van der Waals surface area (Å²) in [5.74, 6) is 2.63. The minimum Gasteiger partial charge on any atom is -0.453 e. The molecule has 0 saturated carbocycles. The highest BCUT2D eigenvalue weighted by atomic mass is 35.5. The average Bonchev–Trinajstić information content (AvgIpc) is 2.54. The van der Waals surface area contributed by atoms with Crippen LogP contribution in [-0.4, -0.2) is 19.7 Å². The average molecular weight is 315 g/mol. The van der Waals surface area contributed by atoms with E-state index in [1.165, 1.54) is 7.11 Å². The van der Waals surface area contributed by atoms with E-state index in [9.17, 15) is 4.79 Å². The fraction of sp³-hybridized carbons (Fsp3) is 0.118. The molecule has 0 radical (unpaired) electrons. The first kappa shape index (κ1) is 15.7. The van der Waals surface area contributed by atoms with E-state index in [-0.39, 0.29) is 0 Å². The number of methoxy groups -OCH3 is 1. The maximum Gasteiger partial charge on any atom is 0.411 e. The van der Waals surface area contributed by atoms with Gasteiger partial charge < -0.3 is 9.64 Å². The number of nitrogens with zero attached hydrogens (tertiary/aromatic N) is 1. The molecule has 0 heterocycles. The predicted octanol–water partition coefficient (Wildman–Crippen LogP) is 4.29. The minimum atomic E-state index is -0.515. The van der Waals surface area contributed by atoms with Crippen molar-refractivity contribution in [2.75, 3.05) is 23.9 Å². The quantitative estimate of drug-likeness (QED) is 0.856. The first-order valence-corrected chi connectivity index (χ1v) is 6.94. The highest BCUT2D eigenvalue weighted by Gasteiger charge is 2.11. The summed E-state index contributed by atoms with van der Waals surface area (Å²) in [5, 5.41) is 3.21. The first-order chi connectivity index (χ1) is 10.7. The Bertz CT molecular complexity index is 693. The second-order valence-electron chi connectivity index (χ2n) is 4.41. The van der Waals surface area contributed by atoms with E-state index in [0.717, 1.165) is 11.4 Å². The Morgan fingerprint density at radius 1 is 1.27 bits per heavy atom. The van der Waals surface area contributed by atoms with Crippen LogP contribution in [-0.2, 0) is 4.74 Å². The Morgan fingerprint density at radius 2 is 1.95 bits per heavy atom. The van der Waals surface area contributed by atoms with E-state index < -0.39 is 6.09 Å². The maximum absolute atomic E-state index is 11.2. The second kappa shape index (κ2) is 7.39. The molecule has 4 nitrogen and oxygen atoms in total. The number of amides is 1. The Hall–Kier alpha value is -2.64. The van der Waals surface area contributed by atoms with Crippen molar-refractivity contribution in [3.63, 3.8) is 0 Å². The smallest absolute Gasteiger partial charge is 0.411 e. The molecule has 2 rings (SSSR count). The molecule has 22 heavy (non-hydrogen) atoms. The van der Waals surface area contributed by atoms with Gasteiger partial charge in [0.2, 0.25) is 0 Å². The molecular formula is C17H15ClN2O2. The van der Waals surface area contributed by atoms with Crippen LogP contribution in [0.15, 0.2) is 48.5 Å². The molecule has 0 atom stereocenters. The van der Waals surface area contributed by atoms with Gasteiger partial charge in [0.25, 0.3) is 0 Å². The van der Waals surface area contributed by atoms with Crippen molar-refractivity contribution in [2.45, 2.75) is 0 Å². The van der Waals surface area contributed by atoms with Gasteiger partial charge in [0.15, 0.2) is 0 Å². The summed E-state index contributed by atoms with van der Waals surface area (Å²) in [6.45, 7) is 0.382. The van der Waals surface area contributed by atoms with E-state index in [1.807, 2.05) is 41.3 Å². The molecule has 1 amide bonds. The summed E-state index contributed by atoms with van der Waals surface area (Å²) >= 11 is 6.24. The molecule has 0 aromatic heterocycles. The lowest BCUT2D eigenvalue weighted by molar-refractivity contribution is 0.187. The number of rotatable bonds is 4.